The average molecular weight is 198 g/mol. The van der Waals surface area contributed by atoms with Crippen LogP contribution in [0.1, 0.15) is 25.7 Å². The molecule has 4 heteroatoms. The minimum Gasteiger partial charge on any atom is -0.379 e. The summed E-state index contributed by atoms with van der Waals surface area (Å²) in [6.45, 7) is 1.03. The molecule has 0 saturated heterocycles. The lowest BCUT2D eigenvalue weighted by molar-refractivity contribution is -0.126. The van der Waals surface area contributed by atoms with E-state index in [1.54, 1.807) is 0 Å². The van der Waals surface area contributed by atoms with Crippen LogP contribution in [0, 0.1) is 11.8 Å². The Morgan fingerprint density at radius 2 is 2.00 bits per heavy atom. The molecule has 0 heterocycles. The summed E-state index contributed by atoms with van der Waals surface area (Å²) in [7, 11) is 0. The summed E-state index contributed by atoms with van der Waals surface area (Å²) in [6, 6.07) is 0. The van der Waals surface area contributed by atoms with Crippen molar-refractivity contribution in [1.29, 1.82) is 0 Å². The van der Waals surface area contributed by atoms with Crippen LogP contribution in [0.5, 0.6) is 0 Å². The van der Waals surface area contributed by atoms with Crippen LogP contribution in [0.25, 0.3) is 0 Å². The van der Waals surface area contributed by atoms with Crippen LogP contribution >= 0.6 is 0 Å². The van der Waals surface area contributed by atoms with Gasteiger partial charge < -0.3 is 16.2 Å². The standard InChI is InChI=1S/C10H18N2O2/c11-9(13)10(12,8-3-4-8)6-14-5-7-1-2-7/h7-8H,1-6,12H2,(H2,11,13). The summed E-state index contributed by atoms with van der Waals surface area (Å²) in [5, 5.41) is 0. The number of hydrogen-bond donors (Lipinski definition) is 2. The van der Waals surface area contributed by atoms with Crippen molar-refractivity contribution in [2.45, 2.75) is 31.2 Å². The van der Waals surface area contributed by atoms with Crippen molar-refractivity contribution in [2.24, 2.45) is 23.3 Å². The number of primary amides is 1. The molecular weight excluding hydrogens is 180 g/mol. The normalized spacial score (nSPS) is 25.8. The third-order valence-electron chi connectivity index (χ3n) is 3.16. The van der Waals surface area contributed by atoms with Gasteiger partial charge in [-0.3, -0.25) is 4.79 Å². The van der Waals surface area contributed by atoms with Gasteiger partial charge in [0.25, 0.3) is 0 Å². The molecule has 14 heavy (non-hydrogen) atoms. The van der Waals surface area contributed by atoms with Gasteiger partial charge in [-0.15, -0.1) is 0 Å². The van der Waals surface area contributed by atoms with Crippen molar-refractivity contribution in [3.05, 3.63) is 0 Å². The van der Waals surface area contributed by atoms with Crippen LogP contribution in [0.15, 0.2) is 0 Å². The summed E-state index contributed by atoms with van der Waals surface area (Å²) in [5.74, 6) is 0.529. The zero-order valence-electron chi connectivity index (χ0n) is 8.37. The number of ether oxygens (including phenoxy) is 1. The Bertz CT molecular complexity index is 236. The van der Waals surface area contributed by atoms with Crippen molar-refractivity contribution < 1.29 is 9.53 Å². The number of carbonyl (C=O) groups is 1. The molecule has 4 N–H and O–H groups in total. The zero-order valence-corrected chi connectivity index (χ0v) is 8.37. The number of carbonyl (C=O) groups excluding carboxylic acids is 1. The number of rotatable bonds is 6. The second-order valence-corrected chi connectivity index (χ2v) is 4.64. The fourth-order valence-corrected chi connectivity index (χ4v) is 1.67. The van der Waals surface area contributed by atoms with E-state index in [1.165, 1.54) is 12.8 Å². The second kappa shape index (κ2) is 3.51. The molecule has 4 nitrogen and oxygen atoms in total. The molecule has 2 aliphatic carbocycles. The minimum absolute atomic E-state index is 0.249. The summed E-state index contributed by atoms with van der Waals surface area (Å²) in [6.07, 6.45) is 4.51. The van der Waals surface area contributed by atoms with E-state index in [-0.39, 0.29) is 5.92 Å². The van der Waals surface area contributed by atoms with E-state index in [0.717, 1.165) is 19.4 Å². The van der Waals surface area contributed by atoms with Gasteiger partial charge in [0.15, 0.2) is 0 Å². The molecule has 1 unspecified atom stereocenters. The van der Waals surface area contributed by atoms with Gasteiger partial charge >= 0.3 is 0 Å². The summed E-state index contributed by atoms with van der Waals surface area (Å²) in [5.41, 5.74) is 10.3. The minimum atomic E-state index is -0.908. The summed E-state index contributed by atoms with van der Waals surface area (Å²) in [4.78, 5) is 11.2. The van der Waals surface area contributed by atoms with Crippen LogP contribution < -0.4 is 11.5 Å². The monoisotopic (exact) mass is 198 g/mol. The first-order valence-electron chi connectivity index (χ1n) is 5.29. The Morgan fingerprint density at radius 3 is 2.43 bits per heavy atom. The Hall–Kier alpha value is -0.610. The first-order valence-corrected chi connectivity index (χ1v) is 5.29. The Kier molecular flexibility index (Phi) is 2.49. The van der Waals surface area contributed by atoms with Gasteiger partial charge in [0.05, 0.1) is 6.61 Å². The Labute approximate surface area is 84.0 Å². The van der Waals surface area contributed by atoms with Gasteiger partial charge in [-0.25, -0.2) is 0 Å². The van der Waals surface area contributed by atoms with Crippen LogP contribution in [0.2, 0.25) is 0 Å². The third-order valence-corrected chi connectivity index (χ3v) is 3.16. The van der Waals surface area contributed by atoms with E-state index in [9.17, 15) is 4.79 Å². The van der Waals surface area contributed by atoms with Crippen molar-refractivity contribution >= 4 is 5.91 Å². The first kappa shape index (κ1) is 9.93. The maximum absolute atomic E-state index is 11.2. The van der Waals surface area contributed by atoms with E-state index >= 15 is 0 Å². The second-order valence-electron chi connectivity index (χ2n) is 4.64. The first-order chi connectivity index (χ1) is 6.63. The summed E-state index contributed by atoms with van der Waals surface area (Å²) >= 11 is 0. The number of hydrogen-bond acceptors (Lipinski definition) is 3. The van der Waals surface area contributed by atoms with Crippen molar-refractivity contribution in [1.82, 2.24) is 0 Å². The van der Waals surface area contributed by atoms with Crippen LogP contribution in [-0.4, -0.2) is 24.7 Å². The highest BCUT2D eigenvalue weighted by Crippen LogP contribution is 2.38. The van der Waals surface area contributed by atoms with Crippen molar-refractivity contribution in [3.63, 3.8) is 0 Å². The molecule has 0 aliphatic heterocycles. The van der Waals surface area contributed by atoms with Crippen molar-refractivity contribution in [3.8, 4) is 0 Å². The van der Waals surface area contributed by atoms with Gasteiger partial charge in [-0.2, -0.15) is 0 Å². The van der Waals surface area contributed by atoms with Gasteiger partial charge in [-0.1, -0.05) is 0 Å². The zero-order chi connectivity index (χ0) is 10.2. The van der Waals surface area contributed by atoms with Gasteiger partial charge in [-0.05, 0) is 37.5 Å². The highest BCUT2D eigenvalue weighted by atomic mass is 16.5. The molecule has 0 aromatic heterocycles. The average Bonchev–Trinajstić information content (AvgIpc) is 2.98. The maximum atomic E-state index is 11.2. The maximum Gasteiger partial charge on any atom is 0.240 e. The molecule has 80 valence electrons. The molecule has 0 aromatic carbocycles. The smallest absolute Gasteiger partial charge is 0.240 e. The van der Waals surface area contributed by atoms with E-state index in [0.29, 0.717) is 12.5 Å². The van der Waals surface area contributed by atoms with E-state index < -0.39 is 11.4 Å². The number of nitrogens with two attached hydrogens (primary N) is 2. The van der Waals surface area contributed by atoms with Gasteiger partial charge in [0.1, 0.15) is 5.54 Å². The van der Waals surface area contributed by atoms with E-state index in [4.69, 9.17) is 16.2 Å². The molecular formula is C10H18N2O2. The van der Waals surface area contributed by atoms with E-state index in [1.807, 2.05) is 0 Å². The number of amides is 1. The molecule has 1 atom stereocenters. The quantitative estimate of drug-likeness (QED) is 0.631. The van der Waals surface area contributed by atoms with Gasteiger partial charge in [0, 0.05) is 6.61 Å². The lowest BCUT2D eigenvalue weighted by Gasteiger charge is -2.25. The molecule has 0 spiro atoms. The fourth-order valence-electron chi connectivity index (χ4n) is 1.67. The van der Waals surface area contributed by atoms with Gasteiger partial charge in [0.2, 0.25) is 5.91 Å². The Morgan fingerprint density at radius 1 is 1.36 bits per heavy atom. The third kappa shape index (κ3) is 2.07. The highest BCUT2D eigenvalue weighted by molar-refractivity contribution is 5.85. The topological polar surface area (TPSA) is 78.3 Å². The molecule has 2 aliphatic rings. The molecule has 0 aromatic rings. The molecule has 0 radical (unpaired) electrons. The van der Waals surface area contributed by atoms with Crippen LogP contribution in [0.3, 0.4) is 0 Å². The van der Waals surface area contributed by atoms with Crippen LogP contribution in [0.4, 0.5) is 0 Å². The SMILES string of the molecule is NC(=O)C(N)(COCC1CC1)C1CC1. The van der Waals surface area contributed by atoms with Crippen LogP contribution in [-0.2, 0) is 9.53 Å². The molecule has 1 amide bonds. The van der Waals surface area contributed by atoms with E-state index in [2.05, 4.69) is 0 Å². The fraction of sp³-hybridized carbons (Fsp3) is 0.900. The van der Waals surface area contributed by atoms with Crippen molar-refractivity contribution in [2.75, 3.05) is 13.2 Å². The Balaban J connectivity index is 1.79. The molecule has 2 rings (SSSR count). The molecule has 2 fully saturated rings. The molecule has 0 bridgehead atoms. The highest BCUT2D eigenvalue weighted by Gasteiger charge is 2.47. The lowest BCUT2D eigenvalue weighted by atomic mass is 9.95. The predicted molar refractivity (Wildman–Crippen MR) is 52.4 cm³/mol. The predicted octanol–water partition coefficient (Wildman–Crippen LogP) is 0.00580. The summed E-state index contributed by atoms with van der Waals surface area (Å²) < 4.78 is 5.46. The molecule has 2 saturated carbocycles. The lowest BCUT2D eigenvalue weighted by Crippen LogP contribution is -2.57. The largest absolute Gasteiger partial charge is 0.379 e.